The highest BCUT2D eigenvalue weighted by molar-refractivity contribution is 5.96. The van der Waals surface area contributed by atoms with Crippen molar-refractivity contribution in [3.8, 4) is 5.75 Å². The minimum Gasteiger partial charge on any atom is -0.507 e. The van der Waals surface area contributed by atoms with E-state index in [1.54, 1.807) is 19.2 Å². The number of rotatable bonds is 7. The largest absolute Gasteiger partial charge is 0.507 e. The van der Waals surface area contributed by atoms with E-state index in [1.807, 2.05) is 17.0 Å². The van der Waals surface area contributed by atoms with Crippen molar-refractivity contribution in [3.63, 3.8) is 0 Å². The van der Waals surface area contributed by atoms with Gasteiger partial charge in [0, 0.05) is 39.3 Å². The lowest BCUT2D eigenvalue weighted by Gasteiger charge is -2.39. The van der Waals surface area contributed by atoms with Crippen LogP contribution in [0.4, 0.5) is 11.6 Å². The number of anilines is 2. The zero-order chi connectivity index (χ0) is 25.1. The standard InChI is InChI=1S/C26H38N6O3/c1-25(2)8-11-31(12-9-25)15-19-5-6-20(21(33)13-19)24(34)28-16-26(35)7-4-10-32(17-26)23-14-22(27-3)29-18-30-23/h5-6,13-14,18,33,35H,4,7-12,15-17H2,1-3H3,(H,28,34)(H,27,29,30)/t26-/m1/s1. The van der Waals surface area contributed by atoms with E-state index in [0.29, 0.717) is 24.2 Å². The molecule has 2 aliphatic rings. The number of likely N-dealkylation sites (tertiary alicyclic amines) is 1. The summed E-state index contributed by atoms with van der Waals surface area (Å²) in [6.45, 7) is 8.67. The molecule has 1 atom stereocenters. The Morgan fingerprint density at radius 3 is 2.60 bits per heavy atom. The monoisotopic (exact) mass is 482 g/mol. The van der Waals surface area contributed by atoms with Crippen LogP contribution in [-0.2, 0) is 6.54 Å². The molecule has 0 unspecified atom stereocenters. The third kappa shape index (κ3) is 6.41. The number of β-amino-alcohol motifs (C(OH)–C–C–N with tert-alkyl or cyclic N) is 1. The quantitative estimate of drug-likeness (QED) is 0.476. The molecule has 0 saturated carbocycles. The fourth-order valence-corrected chi connectivity index (χ4v) is 4.89. The first-order chi connectivity index (χ1) is 16.7. The second kappa shape index (κ2) is 10.4. The van der Waals surface area contributed by atoms with Crippen LogP contribution in [0.3, 0.4) is 0 Å². The van der Waals surface area contributed by atoms with Gasteiger partial charge in [0.25, 0.3) is 5.91 Å². The van der Waals surface area contributed by atoms with E-state index < -0.39 is 5.60 Å². The van der Waals surface area contributed by atoms with Crippen LogP contribution < -0.4 is 15.5 Å². The van der Waals surface area contributed by atoms with Gasteiger partial charge in [-0.3, -0.25) is 9.69 Å². The summed E-state index contributed by atoms with van der Waals surface area (Å²) in [5.74, 6) is 1.02. The molecule has 9 heteroatoms. The van der Waals surface area contributed by atoms with E-state index in [-0.39, 0.29) is 23.8 Å². The minimum absolute atomic E-state index is 0.0322. The molecule has 9 nitrogen and oxygen atoms in total. The number of nitrogens with one attached hydrogen (secondary N) is 2. The van der Waals surface area contributed by atoms with Crippen LogP contribution in [-0.4, -0.2) is 76.4 Å². The van der Waals surface area contributed by atoms with E-state index in [9.17, 15) is 15.0 Å². The van der Waals surface area contributed by atoms with Gasteiger partial charge in [-0.15, -0.1) is 0 Å². The predicted octanol–water partition coefficient (Wildman–Crippen LogP) is 2.61. The molecule has 0 bridgehead atoms. The first-order valence-electron chi connectivity index (χ1n) is 12.5. The molecule has 190 valence electrons. The summed E-state index contributed by atoms with van der Waals surface area (Å²) in [6.07, 6.45) is 5.17. The Morgan fingerprint density at radius 1 is 1.11 bits per heavy atom. The zero-order valence-corrected chi connectivity index (χ0v) is 21.0. The first-order valence-corrected chi connectivity index (χ1v) is 12.5. The van der Waals surface area contributed by atoms with E-state index in [4.69, 9.17) is 0 Å². The number of nitrogens with zero attached hydrogens (tertiary/aromatic N) is 4. The summed E-state index contributed by atoms with van der Waals surface area (Å²) >= 11 is 0. The molecule has 4 rings (SSSR count). The number of aliphatic hydroxyl groups is 1. The van der Waals surface area contributed by atoms with Gasteiger partial charge in [0.05, 0.1) is 11.2 Å². The molecule has 1 aromatic heterocycles. The maximum absolute atomic E-state index is 12.8. The molecule has 1 aromatic carbocycles. The zero-order valence-electron chi connectivity index (χ0n) is 21.0. The highest BCUT2D eigenvalue weighted by atomic mass is 16.3. The molecule has 2 aliphatic heterocycles. The maximum Gasteiger partial charge on any atom is 0.255 e. The lowest BCUT2D eigenvalue weighted by Crippen LogP contribution is -2.54. The fraction of sp³-hybridized carbons (Fsp3) is 0.577. The van der Waals surface area contributed by atoms with Crippen LogP contribution in [0.15, 0.2) is 30.6 Å². The smallest absolute Gasteiger partial charge is 0.255 e. The third-order valence-electron chi connectivity index (χ3n) is 7.29. The van der Waals surface area contributed by atoms with E-state index in [1.165, 1.54) is 6.33 Å². The number of hydrogen-bond acceptors (Lipinski definition) is 8. The van der Waals surface area contributed by atoms with Crippen LogP contribution in [0, 0.1) is 5.41 Å². The van der Waals surface area contributed by atoms with Crippen LogP contribution in [0.2, 0.25) is 0 Å². The lowest BCUT2D eigenvalue weighted by atomic mass is 9.82. The molecule has 2 saturated heterocycles. The Balaban J connectivity index is 1.33. The number of hydrogen-bond donors (Lipinski definition) is 4. The van der Waals surface area contributed by atoms with Crippen LogP contribution in [0.1, 0.15) is 55.5 Å². The molecule has 0 aliphatic carbocycles. The summed E-state index contributed by atoms with van der Waals surface area (Å²) < 4.78 is 0. The third-order valence-corrected chi connectivity index (χ3v) is 7.29. The van der Waals surface area contributed by atoms with E-state index >= 15 is 0 Å². The second-order valence-corrected chi connectivity index (χ2v) is 10.7. The number of phenolic OH excluding ortho intramolecular Hbond substituents is 1. The van der Waals surface area contributed by atoms with Gasteiger partial charge < -0.3 is 25.7 Å². The molecule has 2 fully saturated rings. The second-order valence-electron chi connectivity index (χ2n) is 10.7. The Bertz CT molecular complexity index is 1040. The summed E-state index contributed by atoms with van der Waals surface area (Å²) in [5.41, 5.74) is 0.520. The number of amides is 1. The van der Waals surface area contributed by atoms with Crippen molar-refractivity contribution in [2.45, 2.75) is 51.7 Å². The van der Waals surface area contributed by atoms with Crippen molar-refractivity contribution in [2.24, 2.45) is 5.41 Å². The number of carbonyl (C=O) groups is 1. The average molecular weight is 483 g/mol. The van der Waals surface area contributed by atoms with Crippen LogP contribution >= 0.6 is 0 Å². The van der Waals surface area contributed by atoms with E-state index in [2.05, 4.69) is 39.3 Å². The molecular formula is C26H38N6O3. The molecule has 0 radical (unpaired) electrons. The Kier molecular flexibility index (Phi) is 7.47. The first kappa shape index (κ1) is 25.2. The summed E-state index contributed by atoms with van der Waals surface area (Å²) in [7, 11) is 1.80. The highest BCUT2D eigenvalue weighted by Crippen LogP contribution is 2.31. The van der Waals surface area contributed by atoms with Crippen molar-refractivity contribution < 1.29 is 15.0 Å². The van der Waals surface area contributed by atoms with Gasteiger partial charge in [0.15, 0.2) is 0 Å². The SMILES string of the molecule is CNc1cc(N2CCC[C@@](O)(CNC(=O)c3ccc(CN4CCC(C)(C)CC4)cc3O)C2)ncn1. The Labute approximate surface area is 207 Å². The van der Waals surface area contributed by atoms with Crippen molar-refractivity contribution in [3.05, 3.63) is 41.7 Å². The summed E-state index contributed by atoms with van der Waals surface area (Å²) in [4.78, 5) is 25.7. The van der Waals surface area contributed by atoms with Gasteiger partial charge in [-0.25, -0.2) is 9.97 Å². The molecule has 2 aromatic rings. The molecule has 4 N–H and O–H groups in total. The van der Waals surface area contributed by atoms with Gasteiger partial charge in [-0.2, -0.15) is 0 Å². The maximum atomic E-state index is 12.8. The number of phenols is 1. The van der Waals surface area contributed by atoms with Gasteiger partial charge in [0.2, 0.25) is 0 Å². The average Bonchev–Trinajstić information content (AvgIpc) is 2.84. The van der Waals surface area contributed by atoms with Gasteiger partial charge in [-0.1, -0.05) is 19.9 Å². The number of carbonyl (C=O) groups excluding carboxylic acids is 1. The topological polar surface area (TPSA) is 114 Å². The van der Waals surface area contributed by atoms with Crippen molar-refractivity contribution in [1.29, 1.82) is 0 Å². The Hall–Kier alpha value is -2.91. The van der Waals surface area contributed by atoms with Crippen LogP contribution in [0.5, 0.6) is 5.75 Å². The predicted molar refractivity (Wildman–Crippen MR) is 137 cm³/mol. The van der Waals surface area contributed by atoms with Crippen molar-refractivity contribution in [2.75, 3.05) is 50.0 Å². The summed E-state index contributed by atoms with van der Waals surface area (Å²) in [6, 6.07) is 7.10. The summed E-state index contributed by atoms with van der Waals surface area (Å²) in [5, 5.41) is 27.5. The van der Waals surface area contributed by atoms with Crippen molar-refractivity contribution in [1.82, 2.24) is 20.2 Å². The number of aromatic hydroxyl groups is 1. The molecule has 0 spiro atoms. The normalized spacial score (nSPS) is 22.6. The fourth-order valence-electron chi connectivity index (χ4n) is 4.89. The molecule has 35 heavy (non-hydrogen) atoms. The van der Waals surface area contributed by atoms with Gasteiger partial charge >= 0.3 is 0 Å². The van der Waals surface area contributed by atoms with E-state index in [0.717, 1.165) is 56.8 Å². The van der Waals surface area contributed by atoms with Crippen LogP contribution in [0.25, 0.3) is 0 Å². The minimum atomic E-state index is -1.09. The number of aromatic nitrogens is 2. The van der Waals surface area contributed by atoms with Gasteiger partial charge in [0.1, 0.15) is 23.7 Å². The Morgan fingerprint density at radius 2 is 1.89 bits per heavy atom. The molecular weight excluding hydrogens is 444 g/mol. The molecule has 3 heterocycles. The van der Waals surface area contributed by atoms with Crippen molar-refractivity contribution >= 4 is 17.5 Å². The number of piperidine rings is 2. The lowest BCUT2D eigenvalue weighted by molar-refractivity contribution is 0.0254. The highest BCUT2D eigenvalue weighted by Gasteiger charge is 2.34. The molecule has 1 amide bonds. The van der Waals surface area contributed by atoms with Gasteiger partial charge in [-0.05, 0) is 61.9 Å². The number of benzene rings is 1.